The Bertz CT molecular complexity index is 700. The molecular formula is C21H25FO4. The Labute approximate surface area is 155 Å². The molecule has 1 heterocycles. The molecule has 2 aromatic carbocycles. The van der Waals surface area contributed by atoms with E-state index in [0.717, 1.165) is 5.56 Å². The van der Waals surface area contributed by atoms with Crippen LogP contribution in [0.15, 0.2) is 54.6 Å². The van der Waals surface area contributed by atoms with E-state index >= 15 is 0 Å². The Balaban J connectivity index is 1.70. The Kier molecular flexibility index (Phi) is 6.26. The van der Waals surface area contributed by atoms with Crippen molar-refractivity contribution in [1.82, 2.24) is 0 Å². The zero-order valence-corrected chi connectivity index (χ0v) is 14.8. The number of benzene rings is 2. The molecule has 0 radical (unpaired) electrons. The van der Waals surface area contributed by atoms with Crippen LogP contribution >= 0.6 is 0 Å². The molecule has 0 spiro atoms. The van der Waals surface area contributed by atoms with E-state index in [1.54, 1.807) is 25.3 Å². The first kappa shape index (κ1) is 17.6. The molecule has 4 nitrogen and oxygen atoms in total. The number of rotatable bonds is 8. The SMILES string of the molecule is [2H]CC[C@H]1OC(OC)[C@H](OCc2ccccc2)[C@H]1OCc1ccccc1F. The van der Waals surface area contributed by atoms with Crippen LogP contribution in [0.5, 0.6) is 0 Å². The molecule has 140 valence electrons. The van der Waals surface area contributed by atoms with Crippen LogP contribution in [0.4, 0.5) is 4.39 Å². The summed E-state index contributed by atoms with van der Waals surface area (Å²) >= 11 is 0. The van der Waals surface area contributed by atoms with Gasteiger partial charge in [0.25, 0.3) is 0 Å². The molecule has 0 bridgehead atoms. The van der Waals surface area contributed by atoms with Crippen LogP contribution in [0.3, 0.4) is 0 Å². The van der Waals surface area contributed by atoms with E-state index in [-0.39, 0.29) is 25.4 Å². The van der Waals surface area contributed by atoms with Crippen LogP contribution in [-0.2, 0) is 32.2 Å². The fourth-order valence-corrected chi connectivity index (χ4v) is 3.06. The maximum Gasteiger partial charge on any atom is 0.186 e. The van der Waals surface area contributed by atoms with Gasteiger partial charge in [0.05, 0.1) is 19.3 Å². The predicted molar refractivity (Wildman–Crippen MR) is 96.0 cm³/mol. The minimum atomic E-state index is -0.587. The summed E-state index contributed by atoms with van der Waals surface area (Å²) in [7, 11) is 1.56. The average molecular weight is 361 g/mol. The minimum Gasteiger partial charge on any atom is -0.368 e. The van der Waals surface area contributed by atoms with Crippen molar-refractivity contribution in [3.8, 4) is 0 Å². The first-order chi connectivity index (χ1) is 13.2. The Morgan fingerprint density at radius 1 is 1.00 bits per heavy atom. The van der Waals surface area contributed by atoms with Crippen molar-refractivity contribution in [3.05, 3.63) is 71.5 Å². The van der Waals surface area contributed by atoms with E-state index in [2.05, 4.69) is 0 Å². The van der Waals surface area contributed by atoms with Gasteiger partial charge in [-0.3, -0.25) is 0 Å². The predicted octanol–water partition coefficient (Wildman–Crippen LogP) is 4.08. The first-order valence-corrected chi connectivity index (χ1v) is 8.71. The highest BCUT2D eigenvalue weighted by Crippen LogP contribution is 2.30. The lowest BCUT2D eigenvalue weighted by molar-refractivity contribution is -0.166. The molecule has 2 aromatic rings. The van der Waals surface area contributed by atoms with E-state index in [4.69, 9.17) is 20.3 Å². The number of hydrogen-bond acceptors (Lipinski definition) is 4. The van der Waals surface area contributed by atoms with Crippen molar-refractivity contribution in [2.45, 2.75) is 51.1 Å². The zero-order chi connectivity index (χ0) is 19.1. The van der Waals surface area contributed by atoms with Gasteiger partial charge in [0.1, 0.15) is 18.0 Å². The molecule has 0 aromatic heterocycles. The topological polar surface area (TPSA) is 36.9 Å². The summed E-state index contributed by atoms with van der Waals surface area (Å²) in [5.74, 6) is -0.307. The molecular weight excluding hydrogens is 335 g/mol. The lowest BCUT2D eigenvalue weighted by atomic mass is 10.1. The number of ether oxygens (including phenoxy) is 4. The summed E-state index contributed by atoms with van der Waals surface area (Å²) in [6.07, 6.45) is -1.33. The second-order valence-corrected chi connectivity index (χ2v) is 6.20. The van der Waals surface area contributed by atoms with Crippen molar-refractivity contribution in [1.29, 1.82) is 0 Å². The van der Waals surface area contributed by atoms with Crippen LogP contribution < -0.4 is 0 Å². The zero-order valence-electron chi connectivity index (χ0n) is 15.8. The molecule has 1 saturated heterocycles. The molecule has 1 aliphatic rings. The normalized spacial score (nSPS) is 26.0. The lowest BCUT2D eigenvalue weighted by Crippen LogP contribution is -2.38. The summed E-state index contributed by atoms with van der Waals surface area (Å²) in [4.78, 5) is 0. The maximum atomic E-state index is 13.9. The molecule has 0 saturated carbocycles. The first-order valence-electron chi connectivity index (χ1n) is 9.41. The maximum absolute atomic E-state index is 13.9. The third-order valence-corrected chi connectivity index (χ3v) is 4.46. The van der Waals surface area contributed by atoms with Gasteiger partial charge in [0, 0.05) is 14.0 Å². The molecule has 26 heavy (non-hydrogen) atoms. The highest BCUT2D eigenvalue weighted by atomic mass is 19.1. The van der Waals surface area contributed by atoms with E-state index < -0.39 is 18.5 Å². The smallest absolute Gasteiger partial charge is 0.186 e. The van der Waals surface area contributed by atoms with Gasteiger partial charge < -0.3 is 18.9 Å². The van der Waals surface area contributed by atoms with E-state index in [1.807, 2.05) is 30.3 Å². The number of halogens is 1. The van der Waals surface area contributed by atoms with Gasteiger partial charge in [-0.05, 0) is 18.1 Å². The molecule has 4 atom stereocenters. The number of hydrogen-bond donors (Lipinski definition) is 0. The van der Waals surface area contributed by atoms with Crippen molar-refractivity contribution < 1.29 is 24.7 Å². The van der Waals surface area contributed by atoms with Gasteiger partial charge in [-0.1, -0.05) is 55.4 Å². The van der Waals surface area contributed by atoms with Gasteiger partial charge in [-0.2, -0.15) is 0 Å². The van der Waals surface area contributed by atoms with Gasteiger partial charge >= 0.3 is 0 Å². The van der Waals surface area contributed by atoms with Crippen molar-refractivity contribution in [2.75, 3.05) is 7.11 Å². The Morgan fingerprint density at radius 3 is 2.46 bits per heavy atom. The molecule has 1 unspecified atom stereocenters. The summed E-state index contributed by atoms with van der Waals surface area (Å²) in [5.41, 5.74) is 1.51. The van der Waals surface area contributed by atoms with Crippen LogP contribution in [-0.4, -0.2) is 31.7 Å². The molecule has 0 amide bonds. The molecule has 1 fully saturated rings. The van der Waals surface area contributed by atoms with Crippen LogP contribution in [0, 0.1) is 5.82 Å². The van der Waals surface area contributed by atoms with Crippen LogP contribution in [0.1, 0.15) is 25.8 Å². The lowest BCUT2D eigenvalue weighted by Gasteiger charge is -2.24. The third-order valence-electron chi connectivity index (χ3n) is 4.46. The molecule has 1 aliphatic heterocycles. The summed E-state index contributed by atoms with van der Waals surface area (Å²) in [5, 5.41) is 0. The third kappa shape index (κ3) is 4.48. The molecule has 0 N–H and O–H groups in total. The van der Waals surface area contributed by atoms with Gasteiger partial charge in [0.15, 0.2) is 6.29 Å². The summed E-state index contributed by atoms with van der Waals surface area (Å²) < 4.78 is 44.9. The van der Waals surface area contributed by atoms with Crippen molar-refractivity contribution in [3.63, 3.8) is 0 Å². The summed E-state index contributed by atoms with van der Waals surface area (Å²) in [6, 6.07) is 16.3. The second kappa shape index (κ2) is 9.24. The fraction of sp³-hybridized carbons (Fsp3) is 0.429. The fourth-order valence-electron chi connectivity index (χ4n) is 3.06. The van der Waals surface area contributed by atoms with Crippen molar-refractivity contribution in [2.24, 2.45) is 0 Å². The van der Waals surface area contributed by atoms with E-state index in [9.17, 15) is 4.39 Å². The van der Waals surface area contributed by atoms with Crippen molar-refractivity contribution >= 4 is 0 Å². The summed E-state index contributed by atoms with van der Waals surface area (Å²) in [6.45, 7) is 0.699. The van der Waals surface area contributed by atoms with Crippen LogP contribution in [0.25, 0.3) is 0 Å². The Hall–Kier alpha value is -1.79. The quantitative estimate of drug-likeness (QED) is 0.710. The highest BCUT2D eigenvalue weighted by molar-refractivity contribution is 5.16. The number of methoxy groups -OCH3 is 1. The van der Waals surface area contributed by atoms with E-state index in [0.29, 0.717) is 18.6 Å². The molecule has 5 heteroatoms. The standard InChI is InChI=1S/C21H25FO4/c1-3-18-19(25-14-16-11-7-8-12-17(16)22)20(21(23-2)26-18)24-13-15-9-5-4-6-10-15/h4-12,18-21H,3,13-14H2,1-2H3/t18-,19+,20-,21?/m1/s1/i1D. The average Bonchev–Trinajstić information content (AvgIpc) is 3.03. The molecule has 3 rings (SSSR count). The minimum absolute atomic E-state index is 0.108. The second-order valence-electron chi connectivity index (χ2n) is 6.20. The van der Waals surface area contributed by atoms with Crippen LogP contribution in [0.2, 0.25) is 0 Å². The van der Waals surface area contributed by atoms with Gasteiger partial charge in [0.2, 0.25) is 0 Å². The van der Waals surface area contributed by atoms with Gasteiger partial charge in [-0.25, -0.2) is 4.39 Å². The Morgan fingerprint density at radius 2 is 1.73 bits per heavy atom. The van der Waals surface area contributed by atoms with E-state index in [1.165, 1.54) is 6.07 Å². The highest BCUT2D eigenvalue weighted by Gasteiger charge is 2.45. The molecule has 0 aliphatic carbocycles. The van der Waals surface area contributed by atoms with Gasteiger partial charge in [-0.15, -0.1) is 0 Å². The monoisotopic (exact) mass is 361 g/mol. The largest absolute Gasteiger partial charge is 0.368 e.